The Kier molecular flexibility index (Phi) is 5.35. The van der Waals surface area contributed by atoms with Crippen LogP contribution in [0.15, 0.2) is 81.8 Å². The van der Waals surface area contributed by atoms with Crippen LogP contribution in [0.25, 0.3) is 5.69 Å². The zero-order valence-electron chi connectivity index (χ0n) is 15.9. The van der Waals surface area contributed by atoms with Crippen LogP contribution in [0, 0.1) is 6.92 Å². The summed E-state index contributed by atoms with van der Waals surface area (Å²) in [4.78, 5) is 24.3. The van der Waals surface area contributed by atoms with E-state index < -0.39 is 5.97 Å². The van der Waals surface area contributed by atoms with Crippen molar-refractivity contribution >= 4 is 17.3 Å². The highest BCUT2D eigenvalue weighted by atomic mass is 16.5. The van der Waals surface area contributed by atoms with Gasteiger partial charge >= 0.3 is 5.97 Å². The molecule has 0 fully saturated rings. The van der Waals surface area contributed by atoms with Crippen LogP contribution < -0.4 is 10.3 Å². The number of carbonyl (C=O) groups is 1. The van der Waals surface area contributed by atoms with E-state index in [1.807, 2.05) is 37.3 Å². The minimum Gasteiger partial charge on any atom is -0.423 e. The SMILES string of the molecule is C=C(C)C(=O)Oc1ccc(N=Nc2c(C)n(C)n(-c3ccccc3)c2=O)cc1. The van der Waals surface area contributed by atoms with Crippen molar-refractivity contribution in [2.24, 2.45) is 17.3 Å². The number of rotatable bonds is 5. The highest BCUT2D eigenvalue weighted by molar-refractivity contribution is 5.88. The van der Waals surface area contributed by atoms with Crippen molar-refractivity contribution in [3.8, 4) is 11.4 Å². The van der Waals surface area contributed by atoms with Crippen molar-refractivity contribution in [2.75, 3.05) is 0 Å². The molecule has 7 nitrogen and oxygen atoms in total. The summed E-state index contributed by atoms with van der Waals surface area (Å²) >= 11 is 0. The average Bonchev–Trinajstić information content (AvgIpc) is 2.90. The average molecular weight is 376 g/mol. The van der Waals surface area contributed by atoms with Crippen molar-refractivity contribution in [3.63, 3.8) is 0 Å². The van der Waals surface area contributed by atoms with Gasteiger partial charge < -0.3 is 4.74 Å². The molecule has 142 valence electrons. The third-order valence-electron chi connectivity index (χ3n) is 4.19. The molecule has 7 heteroatoms. The monoisotopic (exact) mass is 376 g/mol. The van der Waals surface area contributed by atoms with E-state index in [0.29, 0.717) is 22.7 Å². The first-order valence-electron chi connectivity index (χ1n) is 8.62. The molecule has 0 bridgehead atoms. The molecule has 0 aliphatic rings. The zero-order valence-corrected chi connectivity index (χ0v) is 15.9. The fourth-order valence-corrected chi connectivity index (χ4v) is 2.55. The van der Waals surface area contributed by atoms with Crippen LogP contribution in [0.1, 0.15) is 12.6 Å². The molecule has 28 heavy (non-hydrogen) atoms. The van der Waals surface area contributed by atoms with Crippen LogP contribution in [0.3, 0.4) is 0 Å². The maximum atomic E-state index is 12.8. The molecule has 1 aromatic heterocycles. The molecular weight excluding hydrogens is 356 g/mol. The van der Waals surface area contributed by atoms with Crippen molar-refractivity contribution in [3.05, 3.63) is 82.8 Å². The van der Waals surface area contributed by atoms with E-state index in [9.17, 15) is 9.59 Å². The highest BCUT2D eigenvalue weighted by Crippen LogP contribution is 2.23. The summed E-state index contributed by atoms with van der Waals surface area (Å²) in [6.07, 6.45) is 0. The molecule has 0 atom stereocenters. The van der Waals surface area contributed by atoms with Gasteiger partial charge in [0, 0.05) is 12.6 Å². The van der Waals surface area contributed by atoms with E-state index in [1.54, 1.807) is 47.6 Å². The molecule has 0 saturated heterocycles. The van der Waals surface area contributed by atoms with Gasteiger partial charge in [-0.25, -0.2) is 9.48 Å². The van der Waals surface area contributed by atoms with Gasteiger partial charge in [-0.2, -0.15) is 5.11 Å². The Morgan fingerprint density at radius 2 is 1.68 bits per heavy atom. The number of azo groups is 1. The van der Waals surface area contributed by atoms with E-state index in [1.165, 1.54) is 0 Å². The minimum atomic E-state index is -0.490. The molecule has 0 saturated carbocycles. The van der Waals surface area contributed by atoms with E-state index >= 15 is 0 Å². The van der Waals surface area contributed by atoms with Gasteiger partial charge in [0.1, 0.15) is 5.75 Å². The van der Waals surface area contributed by atoms with Gasteiger partial charge in [-0.3, -0.25) is 9.48 Å². The van der Waals surface area contributed by atoms with Crippen LogP contribution in [-0.2, 0) is 11.8 Å². The van der Waals surface area contributed by atoms with Crippen molar-refractivity contribution < 1.29 is 9.53 Å². The standard InChI is InChI=1S/C21H20N4O3/c1-14(2)21(27)28-18-12-10-16(11-13-18)22-23-19-15(3)24(4)25(20(19)26)17-8-6-5-7-9-17/h5-13H,1H2,2-4H3. The summed E-state index contributed by atoms with van der Waals surface area (Å²) in [7, 11) is 1.80. The van der Waals surface area contributed by atoms with Gasteiger partial charge in [0.25, 0.3) is 5.56 Å². The molecule has 0 unspecified atom stereocenters. The smallest absolute Gasteiger partial charge is 0.338 e. The second kappa shape index (κ2) is 7.87. The Hall–Kier alpha value is -3.74. The Balaban J connectivity index is 1.86. The molecule has 2 aromatic carbocycles. The van der Waals surface area contributed by atoms with Crippen molar-refractivity contribution in [1.82, 2.24) is 9.36 Å². The number of benzene rings is 2. The molecule has 0 aliphatic carbocycles. The van der Waals surface area contributed by atoms with E-state index in [4.69, 9.17) is 4.74 Å². The number of hydrogen-bond acceptors (Lipinski definition) is 5. The second-order valence-electron chi connectivity index (χ2n) is 6.27. The summed E-state index contributed by atoms with van der Waals surface area (Å²) in [5.41, 5.74) is 2.32. The van der Waals surface area contributed by atoms with Crippen LogP contribution in [-0.4, -0.2) is 15.3 Å². The molecule has 0 aliphatic heterocycles. The van der Waals surface area contributed by atoms with Gasteiger partial charge in [-0.15, -0.1) is 5.11 Å². The summed E-state index contributed by atoms with van der Waals surface area (Å²) in [6, 6.07) is 15.9. The van der Waals surface area contributed by atoms with E-state index in [-0.39, 0.29) is 11.2 Å². The van der Waals surface area contributed by atoms with Gasteiger partial charge in [0.15, 0.2) is 5.69 Å². The minimum absolute atomic E-state index is 0.248. The van der Waals surface area contributed by atoms with Gasteiger partial charge in [0.05, 0.1) is 17.1 Å². The number of carbonyl (C=O) groups excluding carboxylic acids is 1. The molecule has 1 heterocycles. The van der Waals surface area contributed by atoms with E-state index in [2.05, 4.69) is 16.8 Å². The Morgan fingerprint density at radius 3 is 2.29 bits per heavy atom. The molecular formula is C21H20N4O3. The topological polar surface area (TPSA) is 77.9 Å². The number of ether oxygens (including phenoxy) is 1. The van der Waals surface area contributed by atoms with E-state index in [0.717, 1.165) is 5.69 Å². The second-order valence-corrected chi connectivity index (χ2v) is 6.27. The van der Waals surface area contributed by atoms with Crippen LogP contribution in [0.4, 0.5) is 11.4 Å². The largest absolute Gasteiger partial charge is 0.423 e. The third kappa shape index (κ3) is 3.83. The first-order chi connectivity index (χ1) is 13.4. The normalized spacial score (nSPS) is 11.0. The molecule has 3 rings (SSSR count). The predicted octanol–water partition coefficient (Wildman–Crippen LogP) is 4.38. The zero-order chi connectivity index (χ0) is 20.3. The quantitative estimate of drug-likeness (QED) is 0.287. The number of nitrogens with zero attached hydrogens (tertiary/aromatic N) is 4. The number of hydrogen-bond donors (Lipinski definition) is 0. The van der Waals surface area contributed by atoms with Crippen molar-refractivity contribution in [2.45, 2.75) is 13.8 Å². The first-order valence-corrected chi connectivity index (χ1v) is 8.62. The highest BCUT2D eigenvalue weighted by Gasteiger charge is 2.15. The molecule has 0 radical (unpaired) electrons. The summed E-state index contributed by atoms with van der Waals surface area (Å²) in [6.45, 7) is 6.93. The van der Waals surface area contributed by atoms with Gasteiger partial charge in [-0.1, -0.05) is 24.8 Å². The summed E-state index contributed by atoms with van der Waals surface area (Å²) < 4.78 is 8.42. The number of aromatic nitrogens is 2. The molecule has 0 N–H and O–H groups in total. The Morgan fingerprint density at radius 1 is 1.04 bits per heavy atom. The third-order valence-corrected chi connectivity index (χ3v) is 4.19. The van der Waals surface area contributed by atoms with Gasteiger partial charge in [-0.05, 0) is 50.2 Å². The van der Waals surface area contributed by atoms with Crippen molar-refractivity contribution in [1.29, 1.82) is 0 Å². The summed E-state index contributed by atoms with van der Waals surface area (Å²) in [5, 5.41) is 8.29. The first kappa shape index (κ1) is 19.0. The lowest BCUT2D eigenvalue weighted by atomic mass is 10.3. The lowest BCUT2D eigenvalue weighted by Gasteiger charge is -2.07. The van der Waals surface area contributed by atoms with Crippen LogP contribution in [0.2, 0.25) is 0 Å². The van der Waals surface area contributed by atoms with Crippen LogP contribution >= 0.6 is 0 Å². The fraction of sp³-hybridized carbons (Fsp3) is 0.143. The van der Waals surface area contributed by atoms with Gasteiger partial charge in [0.2, 0.25) is 0 Å². The molecule has 0 spiro atoms. The predicted molar refractivity (Wildman–Crippen MR) is 107 cm³/mol. The maximum absolute atomic E-state index is 12.8. The maximum Gasteiger partial charge on any atom is 0.338 e. The Labute approximate surface area is 162 Å². The fourth-order valence-electron chi connectivity index (χ4n) is 2.55. The molecule has 3 aromatic rings. The lowest BCUT2D eigenvalue weighted by molar-refractivity contribution is -0.130. The number of esters is 1. The molecule has 0 amide bonds. The number of para-hydroxylation sites is 1. The Bertz CT molecular complexity index is 1110. The lowest BCUT2D eigenvalue weighted by Crippen LogP contribution is -2.19. The van der Waals surface area contributed by atoms with Crippen LogP contribution in [0.5, 0.6) is 5.75 Å². The summed E-state index contributed by atoms with van der Waals surface area (Å²) in [5.74, 6) is -0.106.